The highest BCUT2D eigenvalue weighted by Crippen LogP contribution is 2.41. The summed E-state index contributed by atoms with van der Waals surface area (Å²) in [6, 6.07) is 5.78. The molecule has 0 amide bonds. The van der Waals surface area contributed by atoms with Gasteiger partial charge in [0.25, 0.3) is 5.69 Å². The number of benzene rings is 1. The van der Waals surface area contributed by atoms with E-state index in [9.17, 15) is 24.8 Å². The fourth-order valence-electron chi connectivity index (χ4n) is 3.48. The highest BCUT2D eigenvalue weighted by atomic mass is 32.2. The number of nitro benzene ring substituents is 1. The van der Waals surface area contributed by atoms with Gasteiger partial charge >= 0.3 is 11.9 Å². The molecule has 0 aromatic heterocycles. The Bertz CT molecular complexity index is 932. The lowest BCUT2D eigenvalue weighted by Crippen LogP contribution is -2.36. The first-order chi connectivity index (χ1) is 15.2. The molecule has 1 aromatic carbocycles. The van der Waals surface area contributed by atoms with Crippen LogP contribution in [0.3, 0.4) is 0 Å². The summed E-state index contributed by atoms with van der Waals surface area (Å²) in [5, 5.41) is 21.1. The van der Waals surface area contributed by atoms with Crippen LogP contribution >= 0.6 is 11.8 Å². The molecule has 0 radical (unpaired) electrons. The summed E-state index contributed by atoms with van der Waals surface area (Å²) >= 11 is 1.33. The Hall–Kier alpha value is -2.76. The number of nitro groups is 1. The molecule has 0 aliphatic carbocycles. The van der Waals surface area contributed by atoms with Crippen LogP contribution in [0.25, 0.3) is 0 Å². The van der Waals surface area contributed by atoms with Crippen molar-refractivity contribution in [1.29, 1.82) is 0 Å². The quantitative estimate of drug-likeness (QED) is 0.299. The lowest BCUT2D eigenvalue weighted by Gasteiger charge is -2.32. The number of aliphatic hydroxyl groups is 1. The monoisotopic (exact) mass is 465 g/mol. The molecule has 32 heavy (non-hydrogen) atoms. The van der Waals surface area contributed by atoms with E-state index in [4.69, 9.17) is 15.2 Å². The van der Waals surface area contributed by atoms with Crippen LogP contribution in [0.5, 0.6) is 0 Å². The number of thioether (sulfide) groups is 1. The summed E-state index contributed by atoms with van der Waals surface area (Å²) < 4.78 is 10.2. The third-order valence-corrected chi connectivity index (χ3v) is 6.03. The first-order valence-electron chi connectivity index (χ1n) is 9.98. The molecule has 0 bridgehead atoms. The van der Waals surface area contributed by atoms with Crippen LogP contribution in [0.4, 0.5) is 5.69 Å². The summed E-state index contributed by atoms with van der Waals surface area (Å²) in [7, 11) is 1.23. The van der Waals surface area contributed by atoms with Crippen molar-refractivity contribution < 1.29 is 29.1 Å². The van der Waals surface area contributed by atoms with Crippen molar-refractivity contribution in [2.75, 3.05) is 31.8 Å². The number of carbonyl (C=O) groups excluding carboxylic acids is 2. The number of ether oxygens (including phenoxy) is 2. The van der Waals surface area contributed by atoms with E-state index in [0.717, 1.165) is 0 Å². The topological polar surface area (TPSA) is 154 Å². The van der Waals surface area contributed by atoms with E-state index in [1.807, 2.05) is 0 Å². The minimum Gasteiger partial charge on any atom is -0.468 e. The van der Waals surface area contributed by atoms with Gasteiger partial charge in [0.1, 0.15) is 5.92 Å². The third kappa shape index (κ3) is 5.93. The van der Waals surface area contributed by atoms with Gasteiger partial charge in [-0.2, -0.15) is 11.8 Å². The molecule has 0 saturated carbocycles. The maximum atomic E-state index is 13.0. The van der Waals surface area contributed by atoms with E-state index >= 15 is 0 Å². The molecule has 3 atom stereocenters. The predicted octanol–water partition coefficient (Wildman–Crippen LogP) is 1.81. The van der Waals surface area contributed by atoms with E-state index < -0.39 is 34.8 Å². The Morgan fingerprint density at radius 1 is 1.41 bits per heavy atom. The normalized spacial score (nSPS) is 19.2. The van der Waals surface area contributed by atoms with Gasteiger partial charge in [-0.25, -0.2) is 4.79 Å². The van der Waals surface area contributed by atoms with Crippen molar-refractivity contribution in [1.82, 2.24) is 0 Å². The second-order valence-electron chi connectivity index (χ2n) is 7.07. The standard InChI is InChI=1S/C21H27N3O7S/c1-4-31-21(27)19-16(11-32-10-15(25)9-22)23-12(2)17(20(26)30-3)18(19)13-6-5-7-14(8-13)24(28)29/h5-8,15,17-18,25H,4,9-11,22H2,1-3H3. The van der Waals surface area contributed by atoms with E-state index in [2.05, 4.69) is 4.99 Å². The summed E-state index contributed by atoms with van der Waals surface area (Å²) in [6.45, 7) is 3.50. The largest absolute Gasteiger partial charge is 0.468 e. The molecule has 10 nitrogen and oxygen atoms in total. The van der Waals surface area contributed by atoms with Gasteiger partial charge < -0.3 is 20.3 Å². The van der Waals surface area contributed by atoms with Crippen LogP contribution in [0, 0.1) is 16.0 Å². The minimum absolute atomic E-state index is 0.0970. The number of hydrogen-bond acceptors (Lipinski definition) is 10. The van der Waals surface area contributed by atoms with Gasteiger partial charge in [0.05, 0.1) is 36.0 Å². The Balaban J connectivity index is 2.65. The van der Waals surface area contributed by atoms with Gasteiger partial charge in [-0.1, -0.05) is 12.1 Å². The highest BCUT2D eigenvalue weighted by molar-refractivity contribution is 7.99. The lowest BCUT2D eigenvalue weighted by molar-refractivity contribution is -0.384. The van der Waals surface area contributed by atoms with Crippen LogP contribution in [0.15, 0.2) is 40.5 Å². The van der Waals surface area contributed by atoms with Crippen LogP contribution < -0.4 is 5.73 Å². The fourth-order valence-corrected chi connectivity index (χ4v) is 4.42. The number of nitrogens with two attached hydrogens (primary N) is 1. The highest BCUT2D eigenvalue weighted by Gasteiger charge is 2.43. The van der Waals surface area contributed by atoms with Gasteiger partial charge in [-0.05, 0) is 19.4 Å². The van der Waals surface area contributed by atoms with Crippen molar-refractivity contribution in [3.8, 4) is 0 Å². The summed E-state index contributed by atoms with van der Waals surface area (Å²) in [6.07, 6.45) is -0.712. The number of non-ortho nitro benzene ring substituents is 1. The van der Waals surface area contributed by atoms with Gasteiger partial charge in [0.2, 0.25) is 0 Å². The second-order valence-corrected chi connectivity index (χ2v) is 8.10. The predicted molar refractivity (Wildman–Crippen MR) is 120 cm³/mol. The van der Waals surface area contributed by atoms with E-state index in [0.29, 0.717) is 22.7 Å². The zero-order chi connectivity index (χ0) is 23.8. The van der Waals surface area contributed by atoms with Crippen LogP contribution in [0.2, 0.25) is 0 Å². The first-order valence-corrected chi connectivity index (χ1v) is 11.1. The van der Waals surface area contributed by atoms with Gasteiger partial charge in [-0.15, -0.1) is 0 Å². The van der Waals surface area contributed by atoms with E-state index in [1.54, 1.807) is 19.9 Å². The molecule has 3 unspecified atom stereocenters. The Morgan fingerprint density at radius 2 is 2.12 bits per heavy atom. The lowest BCUT2D eigenvalue weighted by atomic mass is 9.75. The van der Waals surface area contributed by atoms with Gasteiger partial charge in [0, 0.05) is 41.8 Å². The van der Waals surface area contributed by atoms with Crippen molar-refractivity contribution in [2.24, 2.45) is 16.6 Å². The average Bonchev–Trinajstić information content (AvgIpc) is 2.78. The molecule has 2 rings (SSSR count). The smallest absolute Gasteiger partial charge is 0.336 e. The molecule has 0 saturated heterocycles. The number of aliphatic hydroxyl groups excluding tert-OH is 1. The van der Waals surface area contributed by atoms with E-state index in [-0.39, 0.29) is 30.2 Å². The number of methoxy groups -OCH3 is 1. The van der Waals surface area contributed by atoms with Crippen LogP contribution in [0.1, 0.15) is 25.3 Å². The molecule has 1 aliphatic rings. The van der Waals surface area contributed by atoms with Gasteiger partial charge in [-0.3, -0.25) is 19.9 Å². The maximum absolute atomic E-state index is 13.0. The van der Waals surface area contributed by atoms with Crippen molar-refractivity contribution in [2.45, 2.75) is 25.9 Å². The summed E-state index contributed by atoms with van der Waals surface area (Å²) in [4.78, 5) is 41.0. The molecule has 0 spiro atoms. The first kappa shape index (κ1) is 25.5. The SMILES string of the molecule is CCOC(=O)C1=C(CSCC(O)CN)N=C(C)C(C(=O)OC)C1c1cccc([N+](=O)[O-])c1. The second kappa shape index (κ2) is 11.7. The molecule has 0 fully saturated rings. The van der Waals surface area contributed by atoms with Crippen molar-refractivity contribution in [3.63, 3.8) is 0 Å². The van der Waals surface area contributed by atoms with E-state index in [1.165, 1.54) is 37.1 Å². The maximum Gasteiger partial charge on any atom is 0.336 e. The average molecular weight is 466 g/mol. The minimum atomic E-state index is -0.954. The molecule has 11 heteroatoms. The number of hydrogen-bond donors (Lipinski definition) is 2. The Labute approximate surface area is 190 Å². The molecular weight excluding hydrogens is 438 g/mol. The van der Waals surface area contributed by atoms with Gasteiger partial charge in [0.15, 0.2) is 0 Å². The zero-order valence-electron chi connectivity index (χ0n) is 18.1. The molecule has 1 aromatic rings. The Kier molecular flexibility index (Phi) is 9.36. The molecular formula is C21H27N3O7S. The molecule has 1 aliphatic heterocycles. The zero-order valence-corrected chi connectivity index (χ0v) is 19.0. The third-order valence-electron chi connectivity index (χ3n) is 4.93. The fraction of sp³-hybridized carbons (Fsp3) is 0.476. The number of esters is 2. The van der Waals surface area contributed by atoms with Crippen LogP contribution in [-0.4, -0.2) is 65.6 Å². The van der Waals surface area contributed by atoms with Crippen molar-refractivity contribution >= 4 is 35.1 Å². The number of carbonyl (C=O) groups is 2. The van der Waals surface area contributed by atoms with Crippen molar-refractivity contribution in [3.05, 3.63) is 51.2 Å². The summed E-state index contributed by atoms with van der Waals surface area (Å²) in [5.74, 6) is -2.54. The number of rotatable bonds is 10. The number of nitrogens with zero attached hydrogens (tertiary/aromatic N) is 2. The molecule has 1 heterocycles. The summed E-state index contributed by atoms with van der Waals surface area (Å²) in [5.41, 5.74) is 6.61. The molecule has 174 valence electrons. The number of aliphatic imine (C=N–C) groups is 1. The van der Waals surface area contributed by atoms with Crippen LogP contribution in [-0.2, 0) is 19.1 Å². The molecule has 3 N–H and O–H groups in total. The Morgan fingerprint density at radius 3 is 2.72 bits per heavy atom.